The first-order valence-corrected chi connectivity index (χ1v) is 5.79. The van der Waals surface area contributed by atoms with E-state index in [0.29, 0.717) is 23.6 Å². The minimum Gasteiger partial charge on any atom is -0.497 e. The molecular weight excluding hydrogens is 232 g/mol. The molecule has 94 valence electrons. The summed E-state index contributed by atoms with van der Waals surface area (Å²) in [6.07, 6.45) is 0.807. The van der Waals surface area contributed by atoms with E-state index in [1.54, 1.807) is 14.2 Å². The lowest BCUT2D eigenvalue weighted by molar-refractivity contribution is 0.0947. The number of rotatable bonds is 2. The highest BCUT2D eigenvalue weighted by atomic mass is 16.5. The van der Waals surface area contributed by atoms with E-state index in [4.69, 9.17) is 9.47 Å². The number of methoxy groups -OCH3 is 2. The van der Waals surface area contributed by atoms with E-state index in [1.807, 2.05) is 12.1 Å². The number of ether oxygens (including phenoxy) is 2. The fourth-order valence-corrected chi connectivity index (χ4v) is 2.41. The van der Waals surface area contributed by atoms with Crippen LogP contribution >= 0.6 is 0 Å². The number of aromatic amines is 1. The zero-order valence-electron chi connectivity index (χ0n) is 10.3. The molecule has 5 nitrogen and oxygen atoms in total. The molecule has 2 heterocycles. The molecule has 0 saturated heterocycles. The van der Waals surface area contributed by atoms with Crippen LogP contribution in [0.15, 0.2) is 12.1 Å². The first-order valence-electron chi connectivity index (χ1n) is 5.79. The van der Waals surface area contributed by atoms with Gasteiger partial charge in [0.1, 0.15) is 11.5 Å². The van der Waals surface area contributed by atoms with E-state index >= 15 is 0 Å². The Bertz CT molecular complexity index is 631. The third kappa shape index (κ3) is 1.44. The quantitative estimate of drug-likeness (QED) is 0.843. The molecular formula is C13H14N2O3. The Labute approximate surface area is 104 Å². The molecule has 2 aromatic rings. The molecule has 2 N–H and O–H groups in total. The van der Waals surface area contributed by atoms with Crippen LogP contribution in [0.5, 0.6) is 11.5 Å². The maximum Gasteiger partial charge on any atom is 0.253 e. The lowest BCUT2D eigenvalue weighted by Crippen LogP contribution is -2.31. The van der Waals surface area contributed by atoms with Crippen LogP contribution < -0.4 is 14.8 Å². The SMILES string of the molecule is COc1cc(OC)c2[nH]c3c(c2c1)C(=O)NCC3. The topological polar surface area (TPSA) is 63.4 Å². The van der Waals surface area contributed by atoms with Crippen LogP contribution in [0.25, 0.3) is 10.9 Å². The normalized spacial score (nSPS) is 14.2. The fraction of sp³-hybridized carbons (Fsp3) is 0.308. The smallest absolute Gasteiger partial charge is 0.253 e. The van der Waals surface area contributed by atoms with E-state index < -0.39 is 0 Å². The first-order chi connectivity index (χ1) is 8.74. The summed E-state index contributed by atoms with van der Waals surface area (Å²) in [4.78, 5) is 15.2. The van der Waals surface area contributed by atoms with Gasteiger partial charge < -0.3 is 19.8 Å². The maximum absolute atomic E-state index is 11.9. The number of hydrogen-bond donors (Lipinski definition) is 2. The Balaban J connectivity index is 2.35. The van der Waals surface area contributed by atoms with Gasteiger partial charge in [-0.1, -0.05) is 0 Å². The summed E-state index contributed by atoms with van der Waals surface area (Å²) in [5.41, 5.74) is 2.51. The molecule has 0 radical (unpaired) electrons. The number of H-pyrrole nitrogens is 1. The summed E-state index contributed by atoms with van der Waals surface area (Å²) in [7, 11) is 3.20. The van der Waals surface area contributed by atoms with E-state index in [9.17, 15) is 4.79 Å². The van der Waals surface area contributed by atoms with Crippen molar-refractivity contribution in [2.24, 2.45) is 0 Å². The second-order valence-corrected chi connectivity index (χ2v) is 4.24. The molecule has 0 atom stereocenters. The molecule has 1 aliphatic heterocycles. The van der Waals surface area contributed by atoms with Crippen molar-refractivity contribution in [2.45, 2.75) is 6.42 Å². The number of nitrogens with one attached hydrogen (secondary N) is 2. The van der Waals surface area contributed by atoms with Gasteiger partial charge in [-0.2, -0.15) is 0 Å². The number of amides is 1. The highest BCUT2D eigenvalue weighted by molar-refractivity contribution is 6.10. The van der Waals surface area contributed by atoms with Crippen molar-refractivity contribution in [2.75, 3.05) is 20.8 Å². The van der Waals surface area contributed by atoms with Crippen molar-refractivity contribution in [3.63, 3.8) is 0 Å². The van der Waals surface area contributed by atoms with Crippen LogP contribution in [0.4, 0.5) is 0 Å². The Morgan fingerprint density at radius 2 is 2.06 bits per heavy atom. The van der Waals surface area contributed by atoms with Crippen molar-refractivity contribution in [3.8, 4) is 11.5 Å². The van der Waals surface area contributed by atoms with E-state index in [1.165, 1.54) is 0 Å². The average Bonchev–Trinajstić information content (AvgIpc) is 2.77. The molecule has 0 aliphatic carbocycles. The number of carbonyl (C=O) groups excluding carboxylic acids is 1. The maximum atomic E-state index is 11.9. The minimum atomic E-state index is -0.0437. The third-order valence-corrected chi connectivity index (χ3v) is 3.27. The lowest BCUT2D eigenvalue weighted by Gasteiger charge is -2.12. The molecule has 1 aromatic carbocycles. The molecule has 1 amide bonds. The Morgan fingerprint density at radius 1 is 1.22 bits per heavy atom. The minimum absolute atomic E-state index is 0.0437. The highest BCUT2D eigenvalue weighted by Gasteiger charge is 2.24. The van der Waals surface area contributed by atoms with Crippen molar-refractivity contribution in [1.82, 2.24) is 10.3 Å². The van der Waals surface area contributed by atoms with Gasteiger partial charge >= 0.3 is 0 Å². The van der Waals surface area contributed by atoms with E-state index in [2.05, 4.69) is 10.3 Å². The molecule has 5 heteroatoms. The number of aromatic nitrogens is 1. The van der Waals surface area contributed by atoms with Gasteiger partial charge in [0.2, 0.25) is 0 Å². The monoisotopic (exact) mass is 246 g/mol. The zero-order valence-corrected chi connectivity index (χ0v) is 10.3. The number of benzene rings is 1. The summed E-state index contributed by atoms with van der Waals surface area (Å²) < 4.78 is 10.6. The summed E-state index contributed by atoms with van der Waals surface area (Å²) in [6.45, 7) is 0.665. The van der Waals surface area contributed by atoms with Gasteiger partial charge in [0.05, 0.1) is 25.3 Å². The van der Waals surface area contributed by atoms with Crippen LogP contribution in [0.3, 0.4) is 0 Å². The molecule has 0 bridgehead atoms. The molecule has 0 spiro atoms. The number of hydrogen-bond acceptors (Lipinski definition) is 3. The summed E-state index contributed by atoms with van der Waals surface area (Å²) >= 11 is 0. The summed E-state index contributed by atoms with van der Waals surface area (Å²) in [5, 5.41) is 3.70. The standard InChI is InChI=1S/C13H14N2O3/c1-17-7-5-8-11-9(3-4-14-13(11)16)15-12(8)10(6-7)18-2/h5-6,15H,3-4H2,1-2H3,(H,14,16). The van der Waals surface area contributed by atoms with Crippen molar-refractivity contribution < 1.29 is 14.3 Å². The zero-order chi connectivity index (χ0) is 12.7. The molecule has 1 aliphatic rings. The largest absolute Gasteiger partial charge is 0.497 e. The fourth-order valence-electron chi connectivity index (χ4n) is 2.41. The van der Waals surface area contributed by atoms with Gasteiger partial charge in [0.25, 0.3) is 5.91 Å². The van der Waals surface area contributed by atoms with Crippen molar-refractivity contribution in [3.05, 3.63) is 23.4 Å². The molecule has 0 fully saturated rings. The van der Waals surface area contributed by atoms with Crippen LogP contribution in [0.1, 0.15) is 16.1 Å². The van der Waals surface area contributed by atoms with Gasteiger partial charge in [0, 0.05) is 30.1 Å². The molecule has 0 saturated carbocycles. The summed E-state index contributed by atoms with van der Waals surface area (Å²) in [6, 6.07) is 3.67. The number of carbonyl (C=O) groups is 1. The summed E-state index contributed by atoms with van der Waals surface area (Å²) in [5.74, 6) is 1.32. The third-order valence-electron chi connectivity index (χ3n) is 3.27. The molecule has 0 unspecified atom stereocenters. The molecule has 3 rings (SSSR count). The second kappa shape index (κ2) is 3.94. The lowest BCUT2D eigenvalue weighted by atomic mass is 10.0. The second-order valence-electron chi connectivity index (χ2n) is 4.24. The van der Waals surface area contributed by atoms with E-state index in [0.717, 1.165) is 23.0 Å². The Kier molecular flexibility index (Phi) is 2.40. The molecule has 18 heavy (non-hydrogen) atoms. The van der Waals surface area contributed by atoms with Gasteiger partial charge in [-0.3, -0.25) is 4.79 Å². The Morgan fingerprint density at radius 3 is 2.78 bits per heavy atom. The highest BCUT2D eigenvalue weighted by Crippen LogP contribution is 2.35. The van der Waals surface area contributed by atoms with Crippen molar-refractivity contribution >= 4 is 16.8 Å². The number of fused-ring (bicyclic) bond motifs is 3. The van der Waals surface area contributed by atoms with Gasteiger partial charge in [0.15, 0.2) is 0 Å². The van der Waals surface area contributed by atoms with Gasteiger partial charge in [-0.25, -0.2) is 0 Å². The predicted octanol–water partition coefficient (Wildman–Crippen LogP) is 1.47. The van der Waals surface area contributed by atoms with E-state index in [-0.39, 0.29) is 5.91 Å². The van der Waals surface area contributed by atoms with Crippen LogP contribution in [-0.4, -0.2) is 31.7 Å². The average molecular weight is 246 g/mol. The first kappa shape index (κ1) is 11.0. The van der Waals surface area contributed by atoms with Gasteiger partial charge in [-0.05, 0) is 6.07 Å². The van der Waals surface area contributed by atoms with Crippen molar-refractivity contribution in [1.29, 1.82) is 0 Å². The Hall–Kier alpha value is -2.17. The molecule has 1 aromatic heterocycles. The van der Waals surface area contributed by atoms with Crippen LogP contribution in [-0.2, 0) is 6.42 Å². The predicted molar refractivity (Wildman–Crippen MR) is 67.4 cm³/mol. The van der Waals surface area contributed by atoms with Crippen LogP contribution in [0, 0.1) is 0 Å². The van der Waals surface area contributed by atoms with Gasteiger partial charge in [-0.15, -0.1) is 0 Å². The van der Waals surface area contributed by atoms with Crippen LogP contribution in [0.2, 0.25) is 0 Å².